The fourth-order valence-corrected chi connectivity index (χ4v) is 0.813. The Balaban J connectivity index is 2.45. The standard InChI is InChI=1S/C9H11NO/c11-8-2-1-3-9-4-6-10-7-5-9/h1-2,4-7,11H,3,8H2. The predicted molar refractivity (Wildman–Crippen MR) is 44.2 cm³/mol. The Morgan fingerprint density at radius 3 is 2.64 bits per heavy atom. The summed E-state index contributed by atoms with van der Waals surface area (Å²) in [4.78, 5) is 3.90. The minimum atomic E-state index is 0.116. The van der Waals surface area contributed by atoms with Crippen LogP contribution < -0.4 is 0 Å². The van der Waals surface area contributed by atoms with Gasteiger partial charge < -0.3 is 5.11 Å². The fraction of sp³-hybridized carbons (Fsp3) is 0.222. The molecule has 11 heavy (non-hydrogen) atoms. The molecule has 2 nitrogen and oxygen atoms in total. The lowest BCUT2D eigenvalue weighted by Crippen LogP contribution is -1.81. The van der Waals surface area contributed by atoms with Gasteiger partial charge in [-0.1, -0.05) is 12.2 Å². The number of rotatable bonds is 3. The quantitative estimate of drug-likeness (QED) is 0.654. The average molecular weight is 149 g/mol. The fourth-order valence-electron chi connectivity index (χ4n) is 0.813. The molecule has 0 aromatic carbocycles. The first-order valence-corrected chi connectivity index (χ1v) is 3.58. The lowest BCUT2D eigenvalue weighted by atomic mass is 10.2. The van der Waals surface area contributed by atoms with Gasteiger partial charge in [-0.3, -0.25) is 4.98 Å². The van der Waals surface area contributed by atoms with Crippen molar-refractivity contribution in [3.05, 3.63) is 42.2 Å². The lowest BCUT2D eigenvalue weighted by molar-refractivity contribution is 0.342. The Labute approximate surface area is 66.2 Å². The molecule has 1 aromatic heterocycles. The van der Waals surface area contributed by atoms with Crippen LogP contribution in [0.25, 0.3) is 0 Å². The predicted octanol–water partition coefficient (Wildman–Crippen LogP) is 1.17. The highest BCUT2D eigenvalue weighted by atomic mass is 16.2. The highest BCUT2D eigenvalue weighted by molar-refractivity contribution is 5.13. The van der Waals surface area contributed by atoms with Crippen molar-refractivity contribution in [3.63, 3.8) is 0 Å². The van der Waals surface area contributed by atoms with E-state index in [2.05, 4.69) is 4.98 Å². The van der Waals surface area contributed by atoms with Crippen molar-refractivity contribution in [1.82, 2.24) is 4.98 Å². The SMILES string of the molecule is OCC=CCc1ccncc1. The third-order valence-electron chi connectivity index (χ3n) is 1.37. The summed E-state index contributed by atoms with van der Waals surface area (Å²) in [5.74, 6) is 0. The van der Waals surface area contributed by atoms with Gasteiger partial charge in [-0.15, -0.1) is 0 Å². The van der Waals surface area contributed by atoms with Gasteiger partial charge in [-0.05, 0) is 24.1 Å². The lowest BCUT2D eigenvalue weighted by Gasteiger charge is -1.92. The molecule has 0 saturated carbocycles. The number of pyridine rings is 1. The van der Waals surface area contributed by atoms with Crippen LogP contribution in [0.4, 0.5) is 0 Å². The Bertz CT molecular complexity index is 218. The van der Waals surface area contributed by atoms with Crippen LogP contribution >= 0.6 is 0 Å². The molecule has 2 heteroatoms. The summed E-state index contributed by atoms with van der Waals surface area (Å²) >= 11 is 0. The van der Waals surface area contributed by atoms with Crippen molar-refractivity contribution in [2.75, 3.05) is 6.61 Å². The zero-order chi connectivity index (χ0) is 7.94. The van der Waals surface area contributed by atoms with E-state index in [4.69, 9.17) is 5.11 Å². The number of aliphatic hydroxyl groups is 1. The Morgan fingerprint density at radius 2 is 2.00 bits per heavy atom. The highest BCUT2D eigenvalue weighted by Gasteiger charge is 1.84. The van der Waals surface area contributed by atoms with Crippen LogP contribution in [0.1, 0.15) is 5.56 Å². The van der Waals surface area contributed by atoms with E-state index in [0.717, 1.165) is 6.42 Å². The minimum absolute atomic E-state index is 0.116. The summed E-state index contributed by atoms with van der Waals surface area (Å²) in [7, 11) is 0. The van der Waals surface area contributed by atoms with Crippen LogP contribution in [0.2, 0.25) is 0 Å². The van der Waals surface area contributed by atoms with Gasteiger partial charge in [0.25, 0.3) is 0 Å². The van der Waals surface area contributed by atoms with E-state index in [9.17, 15) is 0 Å². The molecule has 1 N–H and O–H groups in total. The first kappa shape index (κ1) is 7.95. The molecule has 58 valence electrons. The van der Waals surface area contributed by atoms with E-state index < -0.39 is 0 Å². The zero-order valence-electron chi connectivity index (χ0n) is 6.27. The number of aliphatic hydroxyl groups excluding tert-OH is 1. The number of hydrogen-bond donors (Lipinski definition) is 1. The van der Waals surface area contributed by atoms with E-state index in [1.54, 1.807) is 18.5 Å². The van der Waals surface area contributed by atoms with Crippen LogP contribution in [0.5, 0.6) is 0 Å². The molecule has 0 spiro atoms. The van der Waals surface area contributed by atoms with Gasteiger partial charge in [0.15, 0.2) is 0 Å². The summed E-state index contributed by atoms with van der Waals surface area (Å²) in [5.41, 5.74) is 1.21. The molecule has 1 aromatic rings. The first-order chi connectivity index (χ1) is 5.43. The molecule has 0 aliphatic rings. The molecule has 0 fully saturated rings. The molecule has 0 radical (unpaired) electrons. The summed E-state index contributed by atoms with van der Waals surface area (Å²) < 4.78 is 0. The maximum Gasteiger partial charge on any atom is 0.0612 e. The number of aromatic nitrogens is 1. The van der Waals surface area contributed by atoms with Crippen molar-refractivity contribution in [1.29, 1.82) is 0 Å². The Kier molecular flexibility index (Phi) is 3.35. The normalized spacial score (nSPS) is 10.6. The molecular formula is C9H11NO. The van der Waals surface area contributed by atoms with E-state index in [1.807, 2.05) is 18.2 Å². The number of allylic oxidation sites excluding steroid dienone is 1. The zero-order valence-corrected chi connectivity index (χ0v) is 6.27. The molecule has 0 atom stereocenters. The second-order valence-corrected chi connectivity index (χ2v) is 2.21. The van der Waals surface area contributed by atoms with Crippen LogP contribution in [0.3, 0.4) is 0 Å². The van der Waals surface area contributed by atoms with E-state index in [-0.39, 0.29) is 6.61 Å². The molecule has 0 unspecified atom stereocenters. The molecule has 0 bridgehead atoms. The summed E-state index contributed by atoms with van der Waals surface area (Å²) in [6.45, 7) is 0.116. The maximum atomic E-state index is 8.45. The minimum Gasteiger partial charge on any atom is -0.392 e. The van der Waals surface area contributed by atoms with Crippen molar-refractivity contribution in [3.8, 4) is 0 Å². The van der Waals surface area contributed by atoms with Gasteiger partial charge in [-0.25, -0.2) is 0 Å². The maximum absolute atomic E-state index is 8.45. The van der Waals surface area contributed by atoms with Gasteiger partial charge in [0.2, 0.25) is 0 Å². The molecule has 0 saturated heterocycles. The van der Waals surface area contributed by atoms with Crippen molar-refractivity contribution in [2.45, 2.75) is 6.42 Å². The van der Waals surface area contributed by atoms with Crippen LogP contribution in [-0.4, -0.2) is 16.7 Å². The van der Waals surface area contributed by atoms with Gasteiger partial charge in [-0.2, -0.15) is 0 Å². The van der Waals surface area contributed by atoms with Crippen LogP contribution in [0.15, 0.2) is 36.7 Å². The van der Waals surface area contributed by atoms with Crippen molar-refractivity contribution < 1.29 is 5.11 Å². The second kappa shape index (κ2) is 4.63. The van der Waals surface area contributed by atoms with Gasteiger partial charge in [0.05, 0.1) is 6.61 Å². The second-order valence-electron chi connectivity index (χ2n) is 2.21. The number of nitrogens with zero attached hydrogens (tertiary/aromatic N) is 1. The van der Waals surface area contributed by atoms with Gasteiger partial charge in [0.1, 0.15) is 0 Å². The molecule has 1 heterocycles. The third kappa shape index (κ3) is 2.96. The van der Waals surface area contributed by atoms with Crippen LogP contribution in [-0.2, 0) is 6.42 Å². The van der Waals surface area contributed by atoms with E-state index in [0.29, 0.717) is 0 Å². The summed E-state index contributed by atoms with van der Waals surface area (Å²) in [6, 6.07) is 3.92. The molecule has 0 aliphatic carbocycles. The van der Waals surface area contributed by atoms with Crippen LogP contribution in [0, 0.1) is 0 Å². The molecule has 0 amide bonds. The molecule has 0 aliphatic heterocycles. The molecular weight excluding hydrogens is 138 g/mol. The van der Waals surface area contributed by atoms with E-state index >= 15 is 0 Å². The summed E-state index contributed by atoms with van der Waals surface area (Å²) in [6.07, 6.45) is 8.07. The third-order valence-corrected chi connectivity index (χ3v) is 1.37. The Hall–Kier alpha value is -1.15. The monoisotopic (exact) mass is 149 g/mol. The van der Waals surface area contributed by atoms with Gasteiger partial charge in [0, 0.05) is 12.4 Å². The van der Waals surface area contributed by atoms with Crippen molar-refractivity contribution >= 4 is 0 Å². The van der Waals surface area contributed by atoms with Gasteiger partial charge >= 0.3 is 0 Å². The first-order valence-electron chi connectivity index (χ1n) is 3.58. The smallest absolute Gasteiger partial charge is 0.0612 e. The summed E-state index contributed by atoms with van der Waals surface area (Å²) in [5, 5.41) is 8.45. The number of hydrogen-bond acceptors (Lipinski definition) is 2. The molecule has 1 rings (SSSR count). The topological polar surface area (TPSA) is 33.1 Å². The van der Waals surface area contributed by atoms with E-state index in [1.165, 1.54) is 5.56 Å². The highest BCUT2D eigenvalue weighted by Crippen LogP contribution is 1.97. The largest absolute Gasteiger partial charge is 0.392 e. The van der Waals surface area contributed by atoms with Crippen molar-refractivity contribution in [2.24, 2.45) is 0 Å². The Morgan fingerprint density at radius 1 is 1.27 bits per heavy atom. The average Bonchev–Trinajstić information content (AvgIpc) is 2.07.